The molecule has 2 N–H and O–H groups in total. The molecule has 0 aliphatic heterocycles. The summed E-state index contributed by atoms with van der Waals surface area (Å²) >= 11 is 0. The zero-order chi connectivity index (χ0) is 19.8. The van der Waals surface area contributed by atoms with Crippen molar-refractivity contribution in [3.8, 4) is 12.1 Å². The second kappa shape index (κ2) is 9.80. The molecular formula is C20H30N2O4. The first-order valence-corrected chi connectivity index (χ1v) is 9.39. The zero-order valence-electron chi connectivity index (χ0n) is 15.8. The van der Waals surface area contributed by atoms with Crippen molar-refractivity contribution >= 4 is 11.6 Å². The fourth-order valence-electron chi connectivity index (χ4n) is 3.74. The van der Waals surface area contributed by atoms with E-state index >= 15 is 0 Å². The van der Waals surface area contributed by atoms with Gasteiger partial charge in [0.05, 0.1) is 35.2 Å². The molecule has 26 heavy (non-hydrogen) atoms. The molecule has 2 fully saturated rings. The van der Waals surface area contributed by atoms with E-state index in [1.165, 1.54) is 0 Å². The van der Waals surface area contributed by atoms with E-state index in [9.17, 15) is 19.8 Å². The van der Waals surface area contributed by atoms with E-state index in [0.717, 1.165) is 12.8 Å². The average Bonchev–Trinajstić information content (AvgIpc) is 2.62. The van der Waals surface area contributed by atoms with Crippen LogP contribution in [0.2, 0.25) is 0 Å². The van der Waals surface area contributed by atoms with Crippen LogP contribution in [0.3, 0.4) is 0 Å². The van der Waals surface area contributed by atoms with Crippen LogP contribution in [0.1, 0.15) is 78.1 Å². The molecule has 2 aliphatic carbocycles. The highest BCUT2D eigenvalue weighted by molar-refractivity contribution is 5.86. The van der Waals surface area contributed by atoms with E-state index in [-0.39, 0.29) is 11.6 Å². The molecule has 6 nitrogen and oxygen atoms in total. The smallest absolute Gasteiger partial charge is 0.141 e. The molecule has 0 heterocycles. The summed E-state index contributed by atoms with van der Waals surface area (Å²) in [5.74, 6) is 0.225. The molecule has 6 heteroatoms. The van der Waals surface area contributed by atoms with Crippen LogP contribution in [-0.2, 0) is 9.59 Å². The summed E-state index contributed by atoms with van der Waals surface area (Å²) in [7, 11) is 0. The van der Waals surface area contributed by atoms with Crippen LogP contribution in [0, 0.1) is 33.5 Å². The first-order valence-electron chi connectivity index (χ1n) is 9.39. The quantitative estimate of drug-likeness (QED) is 0.793. The number of ketones is 2. The predicted octanol–water partition coefficient (Wildman–Crippen LogP) is 2.82. The summed E-state index contributed by atoms with van der Waals surface area (Å²) in [5.41, 5.74) is -1.32. The Hall–Kier alpha value is -1.76. The van der Waals surface area contributed by atoms with Gasteiger partial charge in [-0.1, -0.05) is 13.8 Å². The largest absolute Gasteiger partial charge is 0.392 e. The monoisotopic (exact) mass is 362 g/mol. The van der Waals surface area contributed by atoms with Crippen LogP contribution >= 0.6 is 0 Å². The fourth-order valence-corrected chi connectivity index (χ4v) is 3.74. The van der Waals surface area contributed by atoms with Crippen molar-refractivity contribution < 1.29 is 19.8 Å². The molecule has 0 unspecified atom stereocenters. The predicted molar refractivity (Wildman–Crippen MR) is 95.6 cm³/mol. The second-order valence-electron chi connectivity index (χ2n) is 7.81. The minimum Gasteiger partial charge on any atom is -0.392 e. The summed E-state index contributed by atoms with van der Waals surface area (Å²) in [6.45, 7) is 3.55. The number of nitriles is 2. The molecule has 0 aromatic carbocycles. The number of aliphatic hydroxyl groups is 2. The van der Waals surface area contributed by atoms with Gasteiger partial charge in [0.1, 0.15) is 11.6 Å². The van der Waals surface area contributed by atoms with Gasteiger partial charge in [0.25, 0.3) is 0 Å². The molecule has 0 spiro atoms. The molecule has 2 rings (SSSR count). The SMILES string of the molecule is C[C@@]1(CCC#N)C(=O)CCC[C@@H]1O.C[C@@]1(CCC#N)C(=O)CCC[C@H]1O. The minimum absolute atomic E-state index is 0.113. The van der Waals surface area contributed by atoms with Gasteiger partial charge in [-0.05, 0) is 38.5 Å². The summed E-state index contributed by atoms with van der Waals surface area (Å²) in [6, 6.07) is 4.04. The fraction of sp³-hybridized carbons (Fsp3) is 0.800. The number of hydrogen-bond acceptors (Lipinski definition) is 6. The number of nitrogens with zero attached hydrogens (tertiary/aromatic N) is 2. The van der Waals surface area contributed by atoms with Crippen LogP contribution in [0.25, 0.3) is 0 Å². The van der Waals surface area contributed by atoms with Gasteiger partial charge in [0.2, 0.25) is 0 Å². The van der Waals surface area contributed by atoms with E-state index in [1.54, 1.807) is 13.8 Å². The van der Waals surface area contributed by atoms with Crippen LogP contribution in [0.5, 0.6) is 0 Å². The molecule has 0 aromatic heterocycles. The van der Waals surface area contributed by atoms with E-state index in [0.29, 0.717) is 51.4 Å². The van der Waals surface area contributed by atoms with Gasteiger partial charge >= 0.3 is 0 Å². The van der Waals surface area contributed by atoms with Gasteiger partial charge < -0.3 is 10.2 Å². The van der Waals surface area contributed by atoms with E-state index in [2.05, 4.69) is 0 Å². The van der Waals surface area contributed by atoms with Gasteiger partial charge in [0.15, 0.2) is 0 Å². The molecule has 4 atom stereocenters. The number of Topliss-reactive ketones (excluding diaryl/α,β-unsaturated/α-hetero) is 2. The maximum Gasteiger partial charge on any atom is 0.141 e. The Balaban J connectivity index is 0.000000260. The topological polar surface area (TPSA) is 122 Å². The van der Waals surface area contributed by atoms with Gasteiger partial charge in [-0.25, -0.2) is 0 Å². The summed E-state index contributed by atoms with van der Waals surface area (Å²) in [5, 5.41) is 36.3. The Morgan fingerprint density at radius 3 is 1.50 bits per heavy atom. The lowest BCUT2D eigenvalue weighted by atomic mass is 9.70. The highest BCUT2D eigenvalue weighted by Crippen LogP contribution is 2.37. The van der Waals surface area contributed by atoms with Crippen LogP contribution < -0.4 is 0 Å². The highest BCUT2D eigenvalue weighted by atomic mass is 16.3. The van der Waals surface area contributed by atoms with Crippen molar-refractivity contribution in [2.45, 2.75) is 90.3 Å². The molecular weight excluding hydrogens is 332 g/mol. The van der Waals surface area contributed by atoms with Gasteiger partial charge in [0, 0.05) is 25.7 Å². The highest BCUT2D eigenvalue weighted by Gasteiger charge is 2.42. The van der Waals surface area contributed by atoms with Crippen LogP contribution in [-0.4, -0.2) is 34.0 Å². The number of rotatable bonds is 4. The van der Waals surface area contributed by atoms with Gasteiger partial charge in [-0.2, -0.15) is 10.5 Å². The lowest BCUT2D eigenvalue weighted by Crippen LogP contribution is -2.43. The summed E-state index contributed by atoms with van der Waals surface area (Å²) < 4.78 is 0. The molecule has 0 bridgehead atoms. The third-order valence-electron chi connectivity index (χ3n) is 6.02. The molecule has 144 valence electrons. The van der Waals surface area contributed by atoms with Crippen molar-refractivity contribution in [2.24, 2.45) is 10.8 Å². The van der Waals surface area contributed by atoms with Crippen LogP contribution in [0.4, 0.5) is 0 Å². The molecule has 0 amide bonds. The maximum atomic E-state index is 11.6. The van der Waals surface area contributed by atoms with Crippen molar-refractivity contribution in [2.75, 3.05) is 0 Å². The van der Waals surface area contributed by atoms with E-state index < -0.39 is 23.0 Å². The lowest BCUT2D eigenvalue weighted by Gasteiger charge is -2.36. The Morgan fingerprint density at radius 2 is 1.23 bits per heavy atom. The number of hydrogen-bond donors (Lipinski definition) is 2. The average molecular weight is 362 g/mol. The first-order chi connectivity index (χ1) is 12.2. The molecule has 0 saturated heterocycles. The Bertz CT molecular complexity index is 540. The van der Waals surface area contributed by atoms with Crippen LogP contribution in [0.15, 0.2) is 0 Å². The molecule has 2 aliphatic rings. The van der Waals surface area contributed by atoms with Crippen molar-refractivity contribution in [1.82, 2.24) is 0 Å². The first kappa shape index (κ1) is 22.3. The zero-order valence-corrected chi connectivity index (χ0v) is 15.8. The Labute approximate surface area is 155 Å². The summed E-state index contributed by atoms with van der Waals surface area (Å²) in [4.78, 5) is 23.1. The van der Waals surface area contributed by atoms with Crippen molar-refractivity contribution in [1.29, 1.82) is 10.5 Å². The Morgan fingerprint density at radius 1 is 0.885 bits per heavy atom. The van der Waals surface area contributed by atoms with Crippen molar-refractivity contribution in [3.05, 3.63) is 0 Å². The lowest BCUT2D eigenvalue weighted by molar-refractivity contribution is -0.139. The second-order valence-corrected chi connectivity index (χ2v) is 7.81. The molecule has 0 aromatic rings. The molecule has 0 radical (unpaired) electrons. The minimum atomic E-state index is -0.659. The van der Waals surface area contributed by atoms with Crippen molar-refractivity contribution in [3.63, 3.8) is 0 Å². The van der Waals surface area contributed by atoms with E-state index in [4.69, 9.17) is 10.5 Å². The van der Waals surface area contributed by atoms with Gasteiger partial charge in [-0.15, -0.1) is 0 Å². The maximum absolute atomic E-state index is 11.6. The number of carbonyl (C=O) groups is 2. The number of aliphatic hydroxyl groups excluding tert-OH is 2. The Kier molecular flexibility index (Phi) is 8.40. The summed E-state index contributed by atoms with van der Waals surface area (Å²) in [6.07, 6.45) is 4.61. The number of carbonyl (C=O) groups excluding carboxylic acids is 2. The van der Waals surface area contributed by atoms with Gasteiger partial charge in [-0.3, -0.25) is 9.59 Å². The third kappa shape index (κ3) is 5.13. The standard InChI is InChI=1S/2C10H15NO2/c2*1-10(6-3-7-11)8(12)4-2-5-9(10)13/h2*8,12H,2-6H2,1H3/t8-,10+;8-,10-/m10/s1. The molecule has 2 saturated carbocycles. The third-order valence-corrected chi connectivity index (χ3v) is 6.02. The normalized spacial score (nSPS) is 34.2. The van der Waals surface area contributed by atoms with E-state index in [1.807, 2.05) is 12.1 Å².